The van der Waals surface area contributed by atoms with Crippen molar-refractivity contribution in [1.82, 2.24) is 4.98 Å². The van der Waals surface area contributed by atoms with Crippen molar-refractivity contribution >= 4 is 5.97 Å². The van der Waals surface area contributed by atoms with Gasteiger partial charge in [0.05, 0.1) is 0 Å². The molecule has 0 aliphatic rings. The Bertz CT molecular complexity index is 309. The summed E-state index contributed by atoms with van der Waals surface area (Å²) in [6.07, 6.45) is 4.99. The van der Waals surface area contributed by atoms with Crippen molar-refractivity contribution < 1.29 is 9.53 Å². The molecule has 1 heterocycles. The van der Waals surface area contributed by atoms with Crippen LogP contribution >= 0.6 is 0 Å². The van der Waals surface area contributed by atoms with Gasteiger partial charge in [-0.2, -0.15) is 0 Å². The van der Waals surface area contributed by atoms with E-state index in [-0.39, 0.29) is 6.73 Å². The Kier molecular flexibility index (Phi) is 4.77. The number of rotatable bonds is 5. The third kappa shape index (κ3) is 3.67. The number of nitrogens with zero attached hydrogens (tertiary/aromatic N) is 1. The largest absolute Gasteiger partial charge is 0.445 e. The van der Waals surface area contributed by atoms with E-state index in [0.29, 0.717) is 5.69 Å². The molecule has 0 atom stereocenters. The van der Waals surface area contributed by atoms with Gasteiger partial charge in [0, 0.05) is 6.20 Å². The van der Waals surface area contributed by atoms with Crippen molar-refractivity contribution in [2.45, 2.75) is 26.2 Å². The van der Waals surface area contributed by atoms with Crippen LogP contribution in [-0.2, 0) is 11.2 Å². The highest BCUT2D eigenvalue weighted by Crippen LogP contribution is 2.05. The van der Waals surface area contributed by atoms with Crippen LogP contribution in [0.15, 0.2) is 18.3 Å². The summed E-state index contributed by atoms with van der Waals surface area (Å²) in [5.74, 6) is -0.473. The third-order valence-corrected chi connectivity index (χ3v) is 2.07. The fourth-order valence-electron chi connectivity index (χ4n) is 1.22. The maximum Gasteiger partial charge on any atom is 0.358 e. The number of ether oxygens (including phenoxy) is 1. The molecule has 0 bridgehead atoms. The number of hydrogen-bond acceptors (Lipinski definition) is 4. The molecule has 2 N–H and O–H groups in total. The molecule has 4 nitrogen and oxygen atoms in total. The van der Waals surface area contributed by atoms with Crippen molar-refractivity contribution in [2.24, 2.45) is 5.73 Å². The smallest absolute Gasteiger partial charge is 0.358 e. The van der Waals surface area contributed by atoms with Gasteiger partial charge in [0.25, 0.3) is 0 Å². The zero-order chi connectivity index (χ0) is 11.1. The Morgan fingerprint density at radius 3 is 2.87 bits per heavy atom. The van der Waals surface area contributed by atoms with E-state index in [1.807, 2.05) is 6.07 Å². The second kappa shape index (κ2) is 6.14. The summed E-state index contributed by atoms with van der Waals surface area (Å²) in [5.41, 5.74) is 6.54. The zero-order valence-corrected chi connectivity index (χ0v) is 8.90. The third-order valence-electron chi connectivity index (χ3n) is 2.07. The molecule has 0 saturated heterocycles. The molecule has 0 aliphatic carbocycles. The van der Waals surface area contributed by atoms with Crippen LogP contribution in [0.1, 0.15) is 35.8 Å². The lowest BCUT2D eigenvalue weighted by molar-refractivity contribution is 0.0508. The average molecular weight is 208 g/mol. The number of carbonyl (C=O) groups is 1. The number of nitrogens with two attached hydrogens (primary N) is 1. The normalized spacial score (nSPS) is 10.0. The molecule has 0 fully saturated rings. The minimum absolute atomic E-state index is 0.113. The number of aryl methyl sites for hydroxylation is 1. The highest BCUT2D eigenvalue weighted by Gasteiger charge is 2.06. The van der Waals surface area contributed by atoms with Crippen LogP contribution in [0.4, 0.5) is 0 Å². The first kappa shape index (κ1) is 11.7. The SMILES string of the molecule is CCCCc1ccc(C(=O)OCN)nc1. The lowest BCUT2D eigenvalue weighted by Gasteiger charge is -2.02. The molecule has 15 heavy (non-hydrogen) atoms. The standard InChI is InChI=1S/C11H16N2O2/c1-2-3-4-9-5-6-10(13-7-9)11(14)15-8-12/h5-7H,2-4,8,12H2,1H3. The van der Waals surface area contributed by atoms with Crippen LogP contribution in [0.2, 0.25) is 0 Å². The van der Waals surface area contributed by atoms with Crippen molar-refractivity contribution in [2.75, 3.05) is 6.73 Å². The topological polar surface area (TPSA) is 65.2 Å². The Labute approximate surface area is 89.5 Å². The molecule has 0 spiro atoms. The number of hydrogen-bond donors (Lipinski definition) is 1. The van der Waals surface area contributed by atoms with Gasteiger partial charge in [0.15, 0.2) is 0 Å². The monoisotopic (exact) mass is 208 g/mol. The molecular weight excluding hydrogens is 192 g/mol. The zero-order valence-electron chi connectivity index (χ0n) is 8.90. The first-order valence-corrected chi connectivity index (χ1v) is 5.10. The van der Waals surface area contributed by atoms with Gasteiger partial charge in [0.2, 0.25) is 0 Å². The lowest BCUT2D eigenvalue weighted by atomic mass is 10.1. The van der Waals surface area contributed by atoms with Gasteiger partial charge in [0.1, 0.15) is 12.4 Å². The first-order chi connectivity index (χ1) is 7.27. The maximum atomic E-state index is 11.2. The van der Waals surface area contributed by atoms with E-state index in [4.69, 9.17) is 5.73 Å². The van der Waals surface area contributed by atoms with Crippen molar-refractivity contribution in [1.29, 1.82) is 0 Å². The number of carbonyl (C=O) groups excluding carboxylic acids is 1. The molecule has 0 aromatic carbocycles. The Morgan fingerprint density at radius 2 is 2.33 bits per heavy atom. The van der Waals surface area contributed by atoms with Gasteiger partial charge in [-0.1, -0.05) is 19.4 Å². The molecule has 1 aromatic rings. The molecule has 0 saturated carbocycles. The van der Waals surface area contributed by atoms with Crippen molar-refractivity contribution in [3.05, 3.63) is 29.6 Å². The van der Waals surface area contributed by atoms with Gasteiger partial charge in [-0.3, -0.25) is 5.73 Å². The molecule has 1 rings (SSSR count). The lowest BCUT2D eigenvalue weighted by Crippen LogP contribution is -2.13. The first-order valence-electron chi connectivity index (χ1n) is 5.10. The van der Waals surface area contributed by atoms with Crippen LogP contribution in [0.5, 0.6) is 0 Å². The Hall–Kier alpha value is -1.42. The van der Waals surface area contributed by atoms with Gasteiger partial charge in [-0.25, -0.2) is 9.78 Å². The molecule has 1 aromatic heterocycles. The van der Waals surface area contributed by atoms with E-state index in [1.54, 1.807) is 12.3 Å². The summed E-state index contributed by atoms with van der Waals surface area (Å²) in [7, 11) is 0. The minimum Gasteiger partial charge on any atom is -0.445 e. The van der Waals surface area contributed by atoms with Gasteiger partial charge < -0.3 is 4.74 Å². The quantitative estimate of drug-likeness (QED) is 0.588. The minimum atomic E-state index is -0.473. The molecular formula is C11H16N2O2. The van der Waals surface area contributed by atoms with Gasteiger partial charge in [-0.05, 0) is 24.5 Å². The number of aromatic nitrogens is 1. The summed E-state index contributed by atoms with van der Waals surface area (Å²) in [5, 5.41) is 0. The Morgan fingerprint density at radius 1 is 1.53 bits per heavy atom. The summed E-state index contributed by atoms with van der Waals surface area (Å²) in [6.45, 7) is 2.03. The van der Waals surface area contributed by atoms with E-state index in [1.165, 1.54) is 0 Å². The maximum absolute atomic E-state index is 11.2. The number of unbranched alkanes of at least 4 members (excludes halogenated alkanes) is 1. The highest BCUT2D eigenvalue weighted by atomic mass is 16.5. The summed E-state index contributed by atoms with van der Waals surface area (Å²) >= 11 is 0. The predicted octanol–water partition coefficient (Wildman–Crippen LogP) is 1.50. The predicted molar refractivity (Wildman–Crippen MR) is 57.3 cm³/mol. The van der Waals surface area contributed by atoms with Crippen LogP contribution in [0.3, 0.4) is 0 Å². The molecule has 0 radical (unpaired) electrons. The summed E-state index contributed by atoms with van der Waals surface area (Å²) in [4.78, 5) is 15.2. The average Bonchev–Trinajstić information content (AvgIpc) is 2.27. The van der Waals surface area contributed by atoms with E-state index in [2.05, 4.69) is 16.6 Å². The highest BCUT2D eigenvalue weighted by molar-refractivity contribution is 5.87. The molecule has 4 heteroatoms. The summed E-state index contributed by atoms with van der Waals surface area (Å²) in [6, 6.07) is 3.57. The molecule has 0 unspecified atom stereocenters. The fourth-order valence-corrected chi connectivity index (χ4v) is 1.22. The van der Waals surface area contributed by atoms with Crippen molar-refractivity contribution in [3.8, 4) is 0 Å². The van der Waals surface area contributed by atoms with E-state index < -0.39 is 5.97 Å². The van der Waals surface area contributed by atoms with E-state index >= 15 is 0 Å². The van der Waals surface area contributed by atoms with Crippen LogP contribution in [0, 0.1) is 0 Å². The summed E-state index contributed by atoms with van der Waals surface area (Å²) < 4.78 is 4.63. The number of esters is 1. The fraction of sp³-hybridized carbons (Fsp3) is 0.455. The van der Waals surface area contributed by atoms with E-state index in [9.17, 15) is 4.79 Å². The Balaban J connectivity index is 2.59. The van der Waals surface area contributed by atoms with E-state index in [0.717, 1.165) is 24.8 Å². The van der Waals surface area contributed by atoms with Crippen LogP contribution in [0.25, 0.3) is 0 Å². The van der Waals surface area contributed by atoms with Gasteiger partial charge in [-0.15, -0.1) is 0 Å². The van der Waals surface area contributed by atoms with Gasteiger partial charge >= 0.3 is 5.97 Å². The van der Waals surface area contributed by atoms with Crippen LogP contribution in [-0.4, -0.2) is 17.7 Å². The van der Waals surface area contributed by atoms with Crippen LogP contribution < -0.4 is 5.73 Å². The molecule has 0 aliphatic heterocycles. The second-order valence-corrected chi connectivity index (χ2v) is 3.25. The molecule has 0 amide bonds. The second-order valence-electron chi connectivity index (χ2n) is 3.25. The molecule has 82 valence electrons. The number of pyridine rings is 1. The van der Waals surface area contributed by atoms with Crippen molar-refractivity contribution in [3.63, 3.8) is 0 Å².